The molecule has 132 valence electrons. The highest BCUT2D eigenvalue weighted by molar-refractivity contribution is 5.77. The van der Waals surface area contributed by atoms with Crippen molar-refractivity contribution in [3.05, 3.63) is 53.7 Å². The van der Waals surface area contributed by atoms with Crippen molar-refractivity contribution in [3.8, 4) is 0 Å². The molecule has 1 amide bonds. The van der Waals surface area contributed by atoms with Crippen LogP contribution in [-0.4, -0.2) is 39.9 Å². The monoisotopic (exact) mass is 342 g/mol. The number of halogens is 1. The molecular weight excluding hydrogens is 319 g/mol. The van der Waals surface area contributed by atoms with Crippen LogP contribution in [0.5, 0.6) is 0 Å². The molecule has 1 aromatic carbocycles. The van der Waals surface area contributed by atoms with E-state index in [-0.39, 0.29) is 23.6 Å². The Kier molecular flexibility index (Phi) is 5.58. The van der Waals surface area contributed by atoms with Crippen LogP contribution in [0.2, 0.25) is 0 Å². The summed E-state index contributed by atoms with van der Waals surface area (Å²) in [6, 6.07) is 10.0. The van der Waals surface area contributed by atoms with E-state index in [2.05, 4.69) is 15.3 Å². The van der Waals surface area contributed by atoms with Crippen molar-refractivity contribution in [1.29, 1.82) is 0 Å². The van der Waals surface area contributed by atoms with Gasteiger partial charge in [-0.1, -0.05) is 37.3 Å². The van der Waals surface area contributed by atoms with Crippen LogP contribution in [0.4, 0.5) is 10.2 Å². The van der Waals surface area contributed by atoms with Gasteiger partial charge in [-0.05, 0) is 24.8 Å². The van der Waals surface area contributed by atoms with Crippen LogP contribution in [0, 0.1) is 5.82 Å². The predicted molar refractivity (Wildman–Crippen MR) is 94.7 cm³/mol. The lowest BCUT2D eigenvalue weighted by atomic mass is 10.1. The van der Waals surface area contributed by atoms with Crippen LogP contribution in [0.3, 0.4) is 0 Å². The highest BCUT2D eigenvalue weighted by Crippen LogP contribution is 2.19. The number of benzene rings is 1. The van der Waals surface area contributed by atoms with Crippen molar-refractivity contribution in [1.82, 2.24) is 14.9 Å². The molecule has 5 nitrogen and oxygen atoms in total. The standard InChI is InChI=1S/C19H23FN4O/c1-2-16-18(20)19(22-13-21-16)23-15-10-11-24(12-15)17(25)9-8-14-6-4-3-5-7-14/h3-7,13,15H,2,8-12H2,1H3,(H,21,22,23). The van der Waals surface area contributed by atoms with Gasteiger partial charge in [0.25, 0.3) is 0 Å². The van der Waals surface area contributed by atoms with E-state index in [0.717, 1.165) is 12.8 Å². The van der Waals surface area contributed by atoms with E-state index in [1.807, 2.05) is 42.2 Å². The first-order valence-corrected chi connectivity index (χ1v) is 8.75. The summed E-state index contributed by atoms with van der Waals surface area (Å²) in [6.07, 6.45) is 3.94. The van der Waals surface area contributed by atoms with Crippen molar-refractivity contribution in [2.24, 2.45) is 0 Å². The minimum absolute atomic E-state index is 0.0229. The molecule has 1 fully saturated rings. The van der Waals surface area contributed by atoms with E-state index in [1.54, 1.807) is 0 Å². The highest BCUT2D eigenvalue weighted by atomic mass is 19.1. The van der Waals surface area contributed by atoms with E-state index >= 15 is 0 Å². The highest BCUT2D eigenvalue weighted by Gasteiger charge is 2.27. The summed E-state index contributed by atoms with van der Waals surface area (Å²) in [4.78, 5) is 22.2. The number of carbonyl (C=O) groups excluding carboxylic acids is 1. The fourth-order valence-corrected chi connectivity index (χ4v) is 3.11. The van der Waals surface area contributed by atoms with E-state index < -0.39 is 0 Å². The fourth-order valence-electron chi connectivity index (χ4n) is 3.11. The SMILES string of the molecule is CCc1ncnc(NC2CCN(C(=O)CCc3ccccc3)C2)c1F. The Balaban J connectivity index is 1.52. The van der Waals surface area contributed by atoms with Crippen molar-refractivity contribution < 1.29 is 9.18 Å². The zero-order valence-corrected chi connectivity index (χ0v) is 14.4. The number of hydrogen-bond acceptors (Lipinski definition) is 4. The molecule has 0 radical (unpaired) electrons. The van der Waals surface area contributed by atoms with Crippen molar-refractivity contribution in [2.75, 3.05) is 18.4 Å². The van der Waals surface area contributed by atoms with Gasteiger partial charge >= 0.3 is 0 Å². The molecule has 0 bridgehead atoms. The number of nitrogens with zero attached hydrogens (tertiary/aromatic N) is 3. The first-order chi connectivity index (χ1) is 12.2. The minimum atomic E-state index is -0.390. The normalized spacial score (nSPS) is 16.9. The molecule has 0 aliphatic carbocycles. The number of amides is 1. The zero-order valence-electron chi connectivity index (χ0n) is 14.4. The number of likely N-dealkylation sites (tertiary alicyclic amines) is 1. The molecule has 1 unspecified atom stereocenters. The van der Waals surface area contributed by atoms with E-state index in [0.29, 0.717) is 31.6 Å². The van der Waals surface area contributed by atoms with Crippen molar-refractivity contribution >= 4 is 11.7 Å². The minimum Gasteiger partial charge on any atom is -0.363 e. The van der Waals surface area contributed by atoms with Gasteiger partial charge in [0.15, 0.2) is 11.6 Å². The maximum absolute atomic E-state index is 14.2. The van der Waals surface area contributed by atoms with Crippen molar-refractivity contribution in [3.63, 3.8) is 0 Å². The predicted octanol–water partition coefficient (Wildman–Crippen LogP) is 2.82. The van der Waals surface area contributed by atoms with Gasteiger partial charge in [0.2, 0.25) is 5.91 Å². The Morgan fingerprint density at radius 2 is 2.12 bits per heavy atom. The molecule has 0 spiro atoms. The summed E-state index contributed by atoms with van der Waals surface area (Å²) >= 11 is 0. The number of aryl methyl sites for hydroxylation is 2. The van der Waals surface area contributed by atoms with E-state index in [1.165, 1.54) is 11.9 Å². The molecule has 1 N–H and O–H groups in total. The number of carbonyl (C=O) groups is 1. The Morgan fingerprint density at radius 3 is 2.88 bits per heavy atom. The van der Waals surface area contributed by atoms with Gasteiger partial charge in [-0.2, -0.15) is 0 Å². The van der Waals surface area contributed by atoms with Crippen LogP contribution in [0.15, 0.2) is 36.7 Å². The molecule has 1 atom stereocenters. The smallest absolute Gasteiger partial charge is 0.222 e. The molecule has 2 aromatic rings. The number of aromatic nitrogens is 2. The quantitative estimate of drug-likeness (QED) is 0.877. The lowest BCUT2D eigenvalue weighted by molar-refractivity contribution is -0.130. The van der Waals surface area contributed by atoms with Gasteiger partial charge in [-0.3, -0.25) is 4.79 Å². The third-order valence-electron chi connectivity index (χ3n) is 4.55. The Hall–Kier alpha value is -2.50. The molecule has 2 heterocycles. The van der Waals surface area contributed by atoms with Crippen molar-refractivity contribution in [2.45, 2.75) is 38.6 Å². The van der Waals surface area contributed by atoms with E-state index in [9.17, 15) is 9.18 Å². The van der Waals surface area contributed by atoms with Gasteiger partial charge in [0.05, 0.1) is 5.69 Å². The molecule has 25 heavy (non-hydrogen) atoms. The van der Waals surface area contributed by atoms with Crippen LogP contribution in [0.25, 0.3) is 0 Å². The third-order valence-corrected chi connectivity index (χ3v) is 4.55. The van der Waals surface area contributed by atoms with Crippen LogP contribution >= 0.6 is 0 Å². The van der Waals surface area contributed by atoms with Gasteiger partial charge in [0.1, 0.15) is 6.33 Å². The summed E-state index contributed by atoms with van der Waals surface area (Å²) in [6.45, 7) is 3.13. The Morgan fingerprint density at radius 1 is 1.32 bits per heavy atom. The molecule has 3 rings (SSSR count). The fraction of sp³-hybridized carbons (Fsp3) is 0.421. The van der Waals surface area contributed by atoms with Gasteiger partial charge in [0, 0.05) is 25.6 Å². The lowest BCUT2D eigenvalue weighted by Crippen LogP contribution is -2.32. The number of nitrogens with one attached hydrogen (secondary N) is 1. The number of anilines is 1. The second kappa shape index (κ2) is 8.05. The molecule has 1 saturated heterocycles. The first-order valence-electron chi connectivity index (χ1n) is 8.75. The van der Waals surface area contributed by atoms with Crippen LogP contribution < -0.4 is 5.32 Å². The van der Waals surface area contributed by atoms with Gasteiger partial charge in [-0.15, -0.1) is 0 Å². The molecule has 1 aliphatic rings. The molecular formula is C19H23FN4O. The largest absolute Gasteiger partial charge is 0.363 e. The summed E-state index contributed by atoms with van der Waals surface area (Å²) in [5, 5.41) is 3.12. The summed E-state index contributed by atoms with van der Waals surface area (Å²) in [7, 11) is 0. The summed E-state index contributed by atoms with van der Waals surface area (Å²) in [5.41, 5.74) is 1.58. The maximum atomic E-state index is 14.2. The average molecular weight is 342 g/mol. The summed E-state index contributed by atoms with van der Waals surface area (Å²) in [5.74, 6) is -0.0140. The molecule has 1 aromatic heterocycles. The number of rotatable bonds is 6. The Bertz CT molecular complexity index is 723. The third kappa shape index (κ3) is 4.32. The topological polar surface area (TPSA) is 58.1 Å². The van der Waals surface area contributed by atoms with Gasteiger partial charge < -0.3 is 10.2 Å². The molecule has 0 saturated carbocycles. The molecule has 1 aliphatic heterocycles. The first kappa shape index (κ1) is 17.3. The Labute approximate surface area is 147 Å². The number of hydrogen-bond donors (Lipinski definition) is 1. The lowest BCUT2D eigenvalue weighted by Gasteiger charge is -2.18. The summed E-state index contributed by atoms with van der Waals surface area (Å²) < 4.78 is 14.2. The molecule has 6 heteroatoms. The average Bonchev–Trinajstić information content (AvgIpc) is 3.11. The van der Waals surface area contributed by atoms with Crippen LogP contribution in [0.1, 0.15) is 31.0 Å². The van der Waals surface area contributed by atoms with E-state index in [4.69, 9.17) is 0 Å². The maximum Gasteiger partial charge on any atom is 0.222 e. The second-order valence-electron chi connectivity index (χ2n) is 6.29. The zero-order chi connectivity index (χ0) is 17.6. The van der Waals surface area contributed by atoms with Gasteiger partial charge in [-0.25, -0.2) is 14.4 Å². The second-order valence-corrected chi connectivity index (χ2v) is 6.29. The van der Waals surface area contributed by atoms with Crippen LogP contribution in [-0.2, 0) is 17.6 Å².